The SMILES string of the molecule is CCn1nc(N(CCN2CCCCC2)C(=O)c2cc(C(N)=O)cc(-c3ccccc3)c2)cc(NC(=O)Nc2c(Cl)cncc2Cl)c1=O. The van der Waals surface area contributed by atoms with Gasteiger partial charge in [-0.3, -0.25) is 24.3 Å². The Balaban J connectivity index is 1.54. The summed E-state index contributed by atoms with van der Waals surface area (Å²) in [5, 5.41) is 9.81. The average Bonchev–Trinajstić information content (AvgIpc) is 3.08. The second-order valence-corrected chi connectivity index (χ2v) is 11.8. The number of urea groups is 1. The van der Waals surface area contributed by atoms with Gasteiger partial charge in [0.15, 0.2) is 5.82 Å². The van der Waals surface area contributed by atoms with Gasteiger partial charge in [-0.05, 0) is 62.2 Å². The van der Waals surface area contributed by atoms with E-state index in [-0.39, 0.29) is 51.5 Å². The predicted octanol–water partition coefficient (Wildman–Crippen LogP) is 5.51. The number of aryl methyl sites for hydroxylation is 1. The molecule has 3 heterocycles. The van der Waals surface area contributed by atoms with Crippen LogP contribution in [-0.4, -0.2) is 63.7 Å². The van der Waals surface area contributed by atoms with Crippen LogP contribution >= 0.6 is 23.2 Å². The van der Waals surface area contributed by atoms with E-state index >= 15 is 0 Å². The number of pyridine rings is 1. The van der Waals surface area contributed by atoms with E-state index in [0.717, 1.165) is 42.6 Å². The smallest absolute Gasteiger partial charge is 0.323 e. The number of carbonyl (C=O) groups excluding carboxylic acids is 3. The molecule has 0 atom stereocenters. The number of anilines is 3. The number of halogens is 2. The van der Waals surface area contributed by atoms with Crippen LogP contribution in [0.1, 0.15) is 46.9 Å². The Morgan fingerprint density at radius 3 is 2.26 bits per heavy atom. The molecule has 2 aromatic carbocycles. The fourth-order valence-electron chi connectivity index (χ4n) is 5.35. The lowest BCUT2D eigenvalue weighted by molar-refractivity contribution is 0.0981. The zero-order chi connectivity index (χ0) is 33.5. The molecule has 1 aliphatic heterocycles. The number of nitrogens with two attached hydrogens (primary N) is 1. The van der Waals surface area contributed by atoms with Crippen LogP contribution in [0.4, 0.5) is 22.0 Å². The van der Waals surface area contributed by atoms with E-state index in [1.807, 2.05) is 30.3 Å². The second-order valence-electron chi connectivity index (χ2n) is 11.0. The third-order valence-electron chi connectivity index (χ3n) is 7.78. The molecule has 2 aromatic heterocycles. The lowest BCUT2D eigenvalue weighted by Gasteiger charge is -2.30. The molecule has 0 aliphatic carbocycles. The quantitative estimate of drug-likeness (QED) is 0.200. The van der Waals surface area contributed by atoms with Crippen molar-refractivity contribution in [2.75, 3.05) is 41.7 Å². The maximum atomic E-state index is 14.4. The summed E-state index contributed by atoms with van der Waals surface area (Å²) in [6.07, 6.45) is 5.91. The Hall–Kier alpha value is -4.78. The zero-order valence-corrected chi connectivity index (χ0v) is 27.2. The van der Waals surface area contributed by atoms with Crippen LogP contribution in [0.2, 0.25) is 10.0 Å². The van der Waals surface area contributed by atoms with Gasteiger partial charge in [-0.2, -0.15) is 5.10 Å². The third-order valence-corrected chi connectivity index (χ3v) is 8.36. The van der Waals surface area contributed by atoms with Crippen LogP contribution < -0.4 is 26.8 Å². The number of nitrogens with zero attached hydrogens (tertiary/aromatic N) is 5. The molecule has 1 saturated heterocycles. The molecule has 5 rings (SSSR count). The van der Waals surface area contributed by atoms with E-state index in [4.69, 9.17) is 28.9 Å². The highest BCUT2D eigenvalue weighted by molar-refractivity contribution is 6.39. The average molecular weight is 678 g/mol. The molecule has 47 heavy (non-hydrogen) atoms. The highest BCUT2D eigenvalue weighted by Gasteiger charge is 2.25. The standard InChI is InChI=1S/C33H34Cl2N8O4/c1-2-43-32(46)27(38-33(47)39-29-25(34)19-37-20-26(29)35)18-28(40-43)42(14-13-41-11-7-4-8-12-41)31(45)24-16-22(15-23(17-24)30(36)44)21-9-5-3-6-10-21/h3,5-6,9-10,15-20H,2,4,7-8,11-14H2,1H3,(H2,36,44)(H2,37,38,39,47). The Morgan fingerprint density at radius 1 is 0.915 bits per heavy atom. The monoisotopic (exact) mass is 676 g/mol. The van der Waals surface area contributed by atoms with Gasteiger partial charge in [0.1, 0.15) is 5.69 Å². The molecule has 4 aromatic rings. The number of rotatable bonds is 10. The van der Waals surface area contributed by atoms with Gasteiger partial charge in [0.05, 0.1) is 15.7 Å². The first-order valence-corrected chi connectivity index (χ1v) is 15.9. The number of likely N-dealkylation sites (tertiary alicyclic amines) is 1. The fraction of sp³-hybridized carbons (Fsp3) is 0.273. The maximum absolute atomic E-state index is 14.4. The number of hydrogen-bond acceptors (Lipinski definition) is 7. The fourth-order valence-corrected chi connectivity index (χ4v) is 5.81. The Bertz CT molecular complexity index is 1820. The normalized spacial score (nSPS) is 13.2. The van der Waals surface area contributed by atoms with Crippen LogP contribution in [0.25, 0.3) is 11.1 Å². The summed E-state index contributed by atoms with van der Waals surface area (Å²) in [4.78, 5) is 60.7. The van der Waals surface area contributed by atoms with Crippen LogP contribution in [-0.2, 0) is 6.54 Å². The van der Waals surface area contributed by atoms with Gasteiger partial charge >= 0.3 is 6.03 Å². The van der Waals surface area contributed by atoms with Crippen molar-refractivity contribution >= 4 is 58.2 Å². The molecule has 0 bridgehead atoms. The minimum atomic E-state index is -0.787. The number of hydrogen-bond donors (Lipinski definition) is 3. The lowest BCUT2D eigenvalue weighted by Crippen LogP contribution is -2.42. The van der Waals surface area contributed by atoms with Gasteiger partial charge in [-0.15, -0.1) is 0 Å². The molecule has 0 saturated carbocycles. The summed E-state index contributed by atoms with van der Waals surface area (Å²) >= 11 is 12.3. The van der Waals surface area contributed by atoms with Crippen LogP contribution in [0.15, 0.2) is 71.8 Å². The Morgan fingerprint density at radius 2 is 1.60 bits per heavy atom. The topological polar surface area (TPSA) is 156 Å². The molecule has 0 unspecified atom stereocenters. The molecule has 0 spiro atoms. The third kappa shape index (κ3) is 8.15. The zero-order valence-electron chi connectivity index (χ0n) is 25.7. The first kappa shape index (κ1) is 33.6. The molecule has 4 N–H and O–H groups in total. The number of primary amides is 1. The minimum Gasteiger partial charge on any atom is -0.366 e. The van der Waals surface area contributed by atoms with Crippen molar-refractivity contribution in [3.63, 3.8) is 0 Å². The predicted molar refractivity (Wildman–Crippen MR) is 183 cm³/mol. The number of benzene rings is 2. The van der Waals surface area contributed by atoms with Crippen molar-refractivity contribution < 1.29 is 14.4 Å². The van der Waals surface area contributed by atoms with Gasteiger partial charge in [-0.1, -0.05) is 60.0 Å². The van der Waals surface area contributed by atoms with Crippen molar-refractivity contribution in [1.82, 2.24) is 19.7 Å². The summed E-state index contributed by atoms with van der Waals surface area (Å²) < 4.78 is 1.16. The van der Waals surface area contributed by atoms with Crippen molar-refractivity contribution in [2.24, 2.45) is 5.73 Å². The molecule has 244 valence electrons. The van der Waals surface area contributed by atoms with Crippen molar-refractivity contribution in [2.45, 2.75) is 32.7 Å². The molecule has 4 amide bonds. The van der Waals surface area contributed by atoms with Crippen molar-refractivity contribution in [1.29, 1.82) is 0 Å². The first-order valence-electron chi connectivity index (χ1n) is 15.2. The Labute approximate surface area is 281 Å². The number of amides is 4. The van der Waals surface area contributed by atoms with E-state index in [9.17, 15) is 19.2 Å². The van der Waals surface area contributed by atoms with Gasteiger partial charge in [0, 0.05) is 49.2 Å². The van der Waals surface area contributed by atoms with Gasteiger partial charge in [0.2, 0.25) is 5.91 Å². The highest BCUT2D eigenvalue weighted by Crippen LogP contribution is 2.29. The lowest BCUT2D eigenvalue weighted by atomic mass is 9.98. The summed E-state index contributed by atoms with van der Waals surface area (Å²) in [6.45, 7) is 4.44. The molecule has 12 nitrogen and oxygen atoms in total. The van der Waals surface area contributed by atoms with Crippen molar-refractivity contribution in [3.05, 3.63) is 98.5 Å². The minimum absolute atomic E-state index is 0.108. The number of carbonyl (C=O) groups is 3. The van der Waals surface area contributed by atoms with E-state index < -0.39 is 23.4 Å². The summed E-state index contributed by atoms with van der Waals surface area (Å²) in [6, 6.07) is 14.7. The summed E-state index contributed by atoms with van der Waals surface area (Å²) in [7, 11) is 0. The van der Waals surface area contributed by atoms with E-state index in [0.29, 0.717) is 12.1 Å². The number of piperidine rings is 1. The summed E-state index contributed by atoms with van der Waals surface area (Å²) in [5.41, 5.74) is 6.92. The number of aromatic nitrogens is 3. The molecule has 1 aliphatic rings. The molecular weight excluding hydrogens is 643 g/mol. The Kier molecular flexibility index (Phi) is 10.9. The van der Waals surface area contributed by atoms with Crippen LogP contribution in [0.3, 0.4) is 0 Å². The molecular formula is C33H34Cl2N8O4. The molecule has 1 fully saturated rings. The van der Waals surface area contributed by atoms with Gasteiger partial charge < -0.3 is 21.3 Å². The van der Waals surface area contributed by atoms with Gasteiger partial charge in [0.25, 0.3) is 11.5 Å². The number of nitrogens with one attached hydrogen (secondary N) is 2. The van der Waals surface area contributed by atoms with Crippen LogP contribution in [0.5, 0.6) is 0 Å². The highest BCUT2D eigenvalue weighted by atomic mass is 35.5. The van der Waals surface area contributed by atoms with E-state index in [2.05, 4.69) is 25.6 Å². The first-order chi connectivity index (χ1) is 22.6. The largest absolute Gasteiger partial charge is 0.366 e. The van der Waals surface area contributed by atoms with E-state index in [1.165, 1.54) is 29.4 Å². The molecule has 0 radical (unpaired) electrons. The molecule has 14 heteroatoms. The maximum Gasteiger partial charge on any atom is 0.323 e. The summed E-state index contributed by atoms with van der Waals surface area (Å²) in [5.74, 6) is -1.00. The van der Waals surface area contributed by atoms with Crippen molar-refractivity contribution in [3.8, 4) is 11.1 Å². The van der Waals surface area contributed by atoms with E-state index in [1.54, 1.807) is 19.1 Å². The second kappa shape index (κ2) is 15.2. The van der Waals surface area contributed by atoms with Gasteiger partial charge in [-0.25, -0.2) is 9.48 Å². The van der Waals surface area contributed by atoms with Crippen LogP contribution in [0, 0.1) is 0 Å².